The Hall–Kier alpha value is -2.52. The molecule has 0 aliphatic carbocycles. The maximum absolute atomic E-state index is 12.7. The van der Waals surface area contributed by atoms with E-state index in [0.717, 1.165) is 9.87 Å². The number of ether oxygens (including phenoxy) is 1. The highest BCUT2D eigenvalue weighted by Crippen LogP contribution is 2.26. The summed E-state index contributed by atoms with van der Waals surface area (Å²) in [6, 6.07) is 14.3. The van der Waals surface area contributed by atoms with Crippen molar-refractivity contribution in [3.63, 3.8) is 0 Å². The summed E-state index contributed by atoms with van der Waals surface area (Å²) in [7, 11) is -2.53. The third kappa shape index (κ3) is 4.31. The molecule has 132 valence electrons. The standard InChI is InChI=1S/C19H22N2O3S/c1-15(2)17-10-8-16(9-11-17)12-13-21(14-20)25(22,23)19-7-5-4-6-18(19)24-3/h4-11,15H,12-13H2,1-3H3. The van der Waals surface area contributed by atoms with Crippen molar-refractivity contribution in [2.75, 3.05) is 13.7 Å². The molecule has 6 heteroatoms. The van der Waals surface area contributed by atoms with Crippen molar-refractivity contribution >= 4 is 10.0 Å². The zero-order valence-corrected chi connectivity index (χ0v) is 15.5. The monoisotopic (exact) mass is 358 g/mol. The molecule has 0 fully saturated rings. The quantitative estimate of drug-likeness (QED) is 0.561. The van der Waals surface area contributed by atoms with Gasteiger partial charge in [-0.15, -0.1) is 0 Å². The van der Waals surface area contributed by atoms with E-state index in [9.17, 15) is 13.7 Å². The minimum atomic E-state index is -3.94. The molecule has 0 spiro atoms. The number of hydrogen-bond donors (Lipinski definition) is 0. The average molecular weight is 358 g/mol. The topological polar surface area (TPSA) is 70.4 Å². The number of nitriles is 1. The van der Waals surface area contributed by atoms with Gasteiger partial charge in [0.1, 0.15) is 10.6 Å². The molecule has 0 aromatic heterocycles. The Bertz CT molecular complexity index is 853. The summed E-state index contributed by atoms with van der Waals surface area (Å²) in [5, 5.41) is 9.34. The van der Waals surface area contributed by atoms with Crippen molar-refractivity contribution in [1.82, 2.24) is 4.31 Å². The SMILES string of the molecule is COc1ccccc1S(=O)(=O)N(C#N)CCc1ccc(C(C)C)cc1. The fraction of sp³-hybridized carbons (Fsp3) is 0.316. The normalized spacial score (nSPS) is 11.2. The van der Waals surface area contributed by atoms with Gasteiger partial charge in [0.15, 0.2) is 6.19 Å². The lowest BCUT2D eigenvalue weighted by Gasteiger charge is -2.18. The number of benzene rings is 2. The van der Waals surface area contributed by atoms with Gasteiger partial charge >= 0.3 is 0 Å². The van der Waals surface area contributed by atoms with Crippen molar-refractivity contribution in [2.45, 2.75) is 31.1 Å². The van der Waals surface area contributed by atoms with Gasteiger partial charge in [-0.2, -0.15) is 5.26 Å². The van der Waals surface area contributed by atoms with Crippen molar-refractivity contribution in [3.05, 3.63) is 59.7 Å². The van der Waals surface area contributed by atoms with Crippen LogP contribution in [0.4, 0.5) is 0 Å². The Labute approximate surface area is 149 Å². The highest BCUT2D eigenvalue weighted by atomic mass is 32.2. The second-order valence-corrected chi connectivity index (χ2v) is 7.81. The molecule has 0 atom stereocenters. The summed E-state index contributed by atoms with van der Waals surface area (Å²) in [6.45, 7) is 4.32. The summed E-state index contributed by atoms with van der Waals surface area (Å²) in [6.07, 6.45) is 2.24. The third-order valence-electron chi connectivity index (χ3n) is 4.00. The zero-order chi connectivity index (χ0) is 18.4. The van der Waals surface area contributed by atoms with Crippen molar-refractivity contribution in [2.24, 2.45) is 0 Å². The molecule has 0 saturated carbocycles. The number of para-hydroxylation sites is 1. The lowest BCUT2D eigenvalue weighted by molar-refractivity contribution is 0.400. The largest absolute Gasteiger partial charge is 0.495 e. The Morgan fingerprint density at radius 3 is 2.32 bits per heavy atom. The molecule has 0 saturated heterocycles. The van der Waals surface area contributed by atoms with Crippen LogP contribution in [0.3, 0.4) is 0 Å². The second-order valence-electron chi connectivity index (χ2n) is 5.97. The Balaban J connectivity index is 2.18. The van der Waals surface area contributed by atoms with E-state index < -0.39 is 10.0 Å². The smallest absolute Gasteiger partial charge is 0.276 e. The van der Waals surface area contributed by atoms with Gasteiger partial charge < -0.3 is 4.74 Å². The molecule has 0 aliphatic heterocycles. The highest BCUT2D eigenvalue weighted by Gasteiger charge is 2.26. The van der Waals surface area contributed by atoms with E-state index in [0.29, 0.717) is 12.3 Å². The van der Waals surface area contributed by atoms with Gasteiger partial charge in [0.2, 0.25) is 0 Å². The highest BCUT2D eigenvalue weighted by molar-refractivity contribution is 7.89. The molecular weight excluding hydrogens is 336 g/mol. The molecule has 2 rings (SSSR count). The van der Waals surface area contributed by atoms with E-state index in [1.807, 2.05) is 24.3 Å². The van der Waals surface area contributed by atoms with Gasteiger partial charge in [-0.25, -0.2) is 12.7 Å². The van der Waals surface area contributed by atoms with Crippen LogP contribution in [0.15, 0.2) is 53.4 Å². The van der Waals surface area contributed by atoms with E-state index in [-0.39, 0.29) is 17.2 Å². The van der Waals surface area contributed by atoms with Crippen LogP contribution in [0.2, 0.25) is 0 Å². The molecule has 0 aliphatic rings. The third-order valence-corrected chi connectivity index (χ3v) is 5.74. The molecule has 0 unspecified atom stereocenters. The molecular formula is C19H22N2O3S. The first-order chi connectivity index (χ1) is 11.9. The summed E-state index contributed by atoms with van der Waals surface area (Å²) >= 11 is 0. The van der Waals surface area contributed by atoms with Gasteiger partial charge in [0.05, 0.1) is 7.11 Å². The molecule has 5 nitrogen and oxygen atoms in total. The lowest BCUT2D eigenvalue weighted by atomic mass is 10.0. The fourth-order valence-electron chi connectivity index (χ4n) is 2.47. The predicted octanol–water partition coefficient (Wildman–Crippen LogP) is 3.53. The van der Waals surface area contributed by atoms with Gasteiger partial charge in [-0.1, -0.05) is 50.2 Å². The molecule has 0 N–H and O–H groups in total. The molecule has 0 heterocycles. The second kappa shape index (κ2) is 8.04. The fourth-order valence-corrected chi connectivity index (χ4v) is 3.81. The van der Waals surface area contributed by atoms with E-state index >= 15 is 0 Å². The minimum absolute atomic E-state index is 0.00537. The minimum Gasteiger partial charge on any atom is -0.495 e. The average Bonchev–Trinajstić information content (AvgIpc) is 2.62. The van der Waals surface area contributed by atoms with Gasteiger partial charge in [-0.05, 0) is 35.6 Å². The zero-order valence-electron chi connectivity index (χ0n) is 14.6. The van der Waals surface area contributed by atoms with Crippen LogP contribution in [0.25, 0.3) is 0 Å². The molecule has 0 bridgehead atoms. The van der Waals surface area contributed by atoms with E-state index in [4.69, 9.17) is 4.74 Å². The first kappa shape index (κ1) is 18.8. The summed E-state index contributed by atoms with van der Waals surface area (Å²) in [5.74, 6) is 0.666. The van der Waals surface area contributed by atoms with E-state index in [1.54, 1.807) is 24.4 Å². The van der Waals surface area contributed by atoms with Crippen LogP contribution in [0.5, 0.6) is 5.75 Å². The van der Waals surface area contributed by atoms with E-state index in [2.05, 4.69) is 13.8 Å². The molecule has 0 radical (unpaired) electrons. The molecule has 25 heavy (non-hydrogen) atoms. The maximum atomic E-state index is 12.7. The van der Waals surface area contributed by atoms with E-state index in [1.165, 1.54) is 18.7 Å². The van der Waals surface area contributed by atoms with Gasteiger partial charge in [0, 0.05) is 6.54 Å². The van der Waals surface area contributed by atoms with Crippen LogP contribution in [0.1, 0.15) is 30.9 Å². The summed E-state index contributed by atoms with van der Waals surface area (Å²) in [4.78, 5) is -0.00537. The van der Waals surface area contributed by atoms with Gasteiger partial charge in [-0.3, -0.25) is 0 Å². The van der Waals surface area contributed by atoms with Crippen LogP contribution in [-0.4, -0.2) is 26.4 Å². The molecule has 0 amide bonds. The Kier molecular flexibility index (Phi) is 6.05. The van der Waals surface area contributed by atoms with Crippen molar-refractivity contribution in [1.29, 1.82) is 5.26 Å². The number of methoxy groups -OCH3 is 1. The van der Waals surface area contributed by atoms with Crippen LogP contribution in [-0.2, 0) is 16.4 Å². The number of sulfonamides is 1. The van der Waals surface area contributed by atoms with Crippen molar-refractivity contribution in [3.8, 4) is 11.9 Å². The first-order valence-electron chi connectivity index (χ1n) is 8.04. The van der Waals surface area contributed by atoms with Crippen molar-refractivity contribution < 1.29 is 13.2 Å². The number of rotatable bonds is 7. The molecule has 2 aromatic rings. The first-order valence-corrected chi connectivity index (χ1v) is 9.48. The number of hydrogen-bond acceptors (Lipinski definition) is 4. The van der Waals surface area contributed by atoms with Crippen LogP contribution < -0.4 is 4.74 Å². The summed E-state index contributed by atoms with van der Waals surface area (Å²) < 4.78 is 31.4. The van der Waals surface area contributed by atoms with Crippen LogP contribution in [0, 0.1) is 11.5 Å². The number of nitrogens with zero attached hydrogens (tertiary/aromatic N) is 2. The lowest BCUT2D eigenvalue weighted by Crippen LogP contribution is -2.28. The summed E-state index contributed by atoms with van der Waals surface area (Å²) in [5.41, 5.74) is 2.21. The van der Waals surface area contributed by atoms with Crippen LogP contribution >= 0.6 is 0 Å². The molecule has 2 aromatic carbocycles. The maximum Gasteiger partial charge on any atom is 0.276 e. The predicted molar refractivity (Wildman–Crippen MR) is 96.7 cm³/mol. The van der Waals surface area contributed by atoms with Gasteiger partial charge in [0.25, 0.3) is 10.0 Å². The Morgan fingerprint density at radius 2 is 1.76 bits per heavy atom. The Morgan fingerprint density at radius 1 is 1.12 bits per heavy atom.